The van der Waals surface area contributed by atoms with Crippen molar-refractivity contribution in [1.82, 2.24) is 26.1 Å². The summed E-state index contributed by atoms with van der Waals surface area (Å²) >= 11 is 0. The second-order valence-corrected chi connectivity index (χ2v) is 3.98. The molecule has 0 radical (unpaired) electrons. The molecule has 0 bridgehead atoms. The summed E-state index contributed by atoms with van der Waals surface area (Å²) in [6.07, 6.45) is 1.69. The number of hydrogen-bond acceptors (Lipinski definition) is 4. The Morgan fingerprint density at radius 1 is 1.65 bits per heavy atom. The van der Waals surface area contributed by atoms with Crippen LogP contribution in [-0.2, 0) is 16.1 Å². The Hall–Kier alpha value is -1.89. The molecule has 1 atom stereocenters. The number of carbonyl (C=O) groups is 2. The van der Waals surface area contributed by atoms with Crippen LogP contribution in [0.3, 0.4) is 0 Å². The highest BCUT2D eigenvalue weighted by Gasteiger charge is 2.23. The van der Waals surface area contributed by atoms with E-state index in [0.29, 0.717) is 13.1 Å². The van der Waals surface area contributed by atoms with Crippen LogP contribution in [0.25, 0.3) is 0 Å². The topological polar surface area (TPSA) is 98.9 Å². The van der Waals surface area contributed by atoms with E-state index in [1.54, 1.807) is 6.20 Å². The zero-order valence-electron chi connectivity index (χ0n) is 9.54. The first-order valence-corrected chi connectivity index (χ1v) is 5.43. The van der Waals surface area contributed by atoms with Crippen LogP contribution in [0.5, 0.6) is 0 Å². The average Bonchev–Trinajstić information content (AvgIpc) is 2.73. The summed E-state index contributed by atoms with van der Waals surface area (Å²) in [5.74, 6) is -0.203. The van der Waals surface area contributed by atoms with Gasteiger partial charge in [0.2, 0.25) is 11.8 Å². The molecule has 1 aromatic rings. The van der Waals surface area contributed by atoms with E-state index in [1.165, 1.54) is 0 Å². The Kier molecular flexibility index (Phi) is 3.38. The van der Waals surface area contributed by atoms with Crippen molar-refractivity contribution in [3.63, 3.8) is 0 Å². The molecule has 1 aromatic heterocycles. The van der Waals surface area contributed by atoms with Gasteiger partial charge in [-0.05, 0) is 6.92 Å². The standard InChI is InChI=1S/C10H15N5O2/c1-6-7(3-14-15-6)2-13-10(17)8-4-12-9(16)5-11-8/h3,8,11H,2,4-5H2,1H3,(H,12,16)(H,13,17)(H,14,15). The molecule has 7 nitrogen and oxygen atoms in total. The van der Waals surface area contributed by atoms with Crippen LogP contribution >= 0.6 is 0 Å². The third kappa shape index (κ3) is 2.82. The Balaban J connectivity index is 1.81. The van der Waals surface area contributed by atoms with Crippen LogP contribution in [0.2, 0.25) is 0 Å². The van der Waals surface area contributed by atoms with Crippen LogP contribution in [-0.4, -0.2) is 41.1 Å². The van der Waals surface area contributed by atoms with Crippen LogP contribution in [0, 0.1) is 6.92 Å². The van der Waals surface area contributed by atoms with E-state index in [2.05, 4.69) is 26.1 Å². The number of aromatic nitrogens is 2. The third-order valence-corrected chi connectivity index (χ3v) is 2.72. The Bertz CT molecular complexity index is 418. The Labute approximate surface area is 98.4 Å². The van der Waals surface area contributed by atoms with E-state index in [9.17, 15) is 9.59 Å². The molecule has 0 spiro atoms. The second kappa shape index (κ2) is 4.96. The summed E-state index contributed by atoms with van der Waals surface area (Å²) in [4.78, 5) is 22.7. The Morgan fingerprint density at radius 3 is 3.06 bits per heavy atom. The summed E-state index contributed by atoms with van der Waals surface area (Å²) < 4.78 is 0. The van der Waals surface area contributed by atoms with E-state index in [0.717, 1.165) is 11.3 Å². The number of amides is 2. The first kappa shape index (κ1) is 11.6. The minimum absolute atomic E-state index is 0.0836. The molecular weight excluding hydrogens is 222 g/mol. The molecule has 2 amide bonds. The zero-order chi connectivity index (χ0) is 12.3. The lowest BCUT2D eigenvalue weighted by Gasteiger charge is -2.23. The molecule has 0 aromatic carbocycles. The molecule has 1 saturated heterocycles. The minimum atomic E-state index is -0.361. The fourth-order valence-electron chi connectivity index (χ4n) is 1.61. The fourth-order valence-corrected chi connectivity index (χ4v) is 1.61. The van der Waals surface area contributed by atoms with E-state index in [1.807, 2.05) is 6.92 Å². The SMILES string of the molecule is Cc1[nH]ncc1CNC(=O)C1CNC(=O)CN1. The maximum absolute atomic E-state index is 11.8. The number of H-pyrrole nitrogens is 1. The van der Waals surface area contributed by atoms with Crippen molar-refractivity contribution >= 4 is 11.8 Å². The summed E-state index contributed by atoms with van der Waals surface area (Å²) in [5, 5.41) is 15.0. The molecule has 1 fully saturated rings. The van der Waals surface area contributed by atoms with Crippen molar-refractivity contribution < 1.29 is 9.59 Å². The van der Waals surface area contributed by atoms with Gasteiger partial charge in [-0.25, -0.2) is 0 Å². The number of carbonyl (C=O) groups excluding carboxylic acids is 2. The van der Waals surface area contributed by atoms with Crippen molar-refractivity contribution in [1.29, 1.82) is 0 Å². The minimum Gasteiger partial charge on any atom is -0.353 e. The van der Waals surface area contributed by atoms with E-state index >= 15 is 0 Å². The van der Waals surface area contributed by atoms with Gasteiger partial charge in [-0.1, -0.05) is 0 Å². The monoisotopic (exact) mass is 237 g/mol. The first-order valence-electron chi connectivity index (χ1n) is 5.43. The third-order valence-electron chi connectivity index (χ3n) is 2.72. The Morgan fingerprint density at radius 2 is 2.47 bits per heavy atom. The number of aromatic amines is 1. The van der Waals surface area contributed by atoms with Gasteiger partial charge >= 0.3 is 0 Å². The summed E-state index contributed by atoms with van der Waals surface area (Å²) in [7, 11) is 0. The van der Waals surface area contributed by atoms with E-state index < -0.39 is 0 Å². The molecule has 0 aliphatic carbocycles. The van der Waals surface area contributed by atoms with Gasteiger partial charge in [0.25, 0.3) is 0 Å². The molecule has 0 saturated carbocycles. The number of nitrogens with zero attached hydrogens (tertiary/aromatic N) is 1. The summed E-state index contributed by atoms with van der Waals surface area (Å²) in [5.41, 5.74) is 1.90. The van der Waals surface area contributed by atoms with Crippen molar-refractivity contribution in [2.45, 2.75) is 19.5 Å². The second-order valence-electron chi connectivity index (χ2n) is 3.98. The van der Waals surface area contributed by atoms with Gasteiger partial charge in [-0.3, -0.25) is 20.0 Å². The number of aryl methyl sites for hydroxylation is 1. The zero-order valence-corrected chi connectivity index (χ0v) is 9.54. The highest BCUT2D eigenvalue weighted by Crippen LogP contribution is 2.01. The highest BCUT2D eigenvalue weighted by molar-refractivity contribution is 5.86. The molecular formula is C10H15N5O2. The molecule has 2 heterocycles. The molecule has 17 heavy (non-hydrogen) atoms. The number of nitrogens with one attached hydrogen (secondary N) is 4. The molecule has 1 unspecified atom stereocenters. The quantitative estimate of drug-likeness (QED) is 0.510. The molecule has 2 rings (SSSR count). The van der Waals surface area contributed by atoms with Gasteiger partial charge in [0.15, 0.2) is 0 Å². The van der Waals surface area contributed by atoms with Gasteiger partial charge in [0.05, 0.1) is 12.7 Å². The lowest BCUT2D eigenvalue weighted by Crippen LogP contribution is -2.57. The van der Waals surface area contributed by atoms with Crippen molar-refractivity contribution in [3.8, 4) is 0 Å². The van der Waals surface area contributed by atoms with Crippen LogP contribution in [0.15, 0.2) is 6.20 Å². The van der Waals surface area contributed by atoms with Crippen molar-refractivity contribution in [2.24, 2.45) is 0 Å². The average molecular weight is 237 g/mol. The lowest BCUT2D eigenvalue weighted by atomic mass is 10.2. The molecule has 92 valence electrons. The molecule has 1 aliphatic rings. The largest absolute Gasteiger partial charge is 0.353 e. The van der Waals surface area contributed by atoms with Crippen molar-refractivity contribution in [3.05, 3.63) is 17.5 Å². The highest BCUT2D eigenvalue weighted by atomic mass is 16.2. The van der Waals surface area contributed by atoms with E-state index in [4.69, 9.17) is 0 Å². The van der Waals surface area contributed by atoms with Crippen LogP contribution in [0.1, 0.15) is 11.3 Å². The van der Waals surface area contributed by atoms with Crippen molar-refractivity contribution in [2.75, 3.05) is 13.1 Å². The fraction of sp³-hybridized carbons (Fsp3) is 0.500. The number of hydrogen-bond donors (Lipinski definition) is 4. The predicted octanol–water partition coefficient (Wildman–Crippen LogP) is -1.58. The normalized spacial score (nSPS) is 19.8. The number of rotatable bonds is 3. The summed E-state index contributed by atoms with van der Waals surface area (Å²) in [6, 6.07) is -0.361. The van der Waals surface area contributed by atoms with Gasteiger partial charge in [0.1, 0.15) is 6.04 Å². The molecule has 4 N–H and O–H groups in total. The molecule has 1 aliphatic heterocycles. The maximum Gasteiger partial charge on any atom is 0.239 e. The van der Waals surface area contributed by atoms with Gasteiger partial charge in [-0.2, -0.15) is 5.10 Å². The number of piperazine rings is 1. The smallest absolute Gasteiger partial charge is 0.239 e. The van der Waals surface area contributed by atoms with Gasteiger partial charge < -0.3 is 10.6 Å². The van der Waals surface area contributed by atoms with E-state index in [-0.39, 0.29) is 24.4 Å². The maximum atomic E-state index is 11.8. The first-order chi connectivity index (χ1) is 8.16. The van der Waals surface area contributed by atoms with Gasteiger partial charge in [-0.15, -0.1) is 0 Å². The lowest BCUT2D eigenvalue weighted by molar-refractivity contribution is -0.126. The summed E-state index contributed by atoms with van der Waals surface area (Å²) in [6.45, 7) is 2.85. The molecule has 7 heteroatoms. The van der Waals surface area contributed by atoms with Crippen LogP contribution in [0.4, 0.5) is 0 Å². The van der Waals surface area contributed by atoms with Crippen LogP contribution < -0.4 is 16.0 Å². The van der Waals surface area contributed by atoms with Gasteiger partial charge in [0, 0.05) is 24.3 Å². The predicted molar refractivity (Wildman–Crippen MR) is 60.0 cm³/mol.